The highest BCUT2D eigenvalue weighted by Gasteiger charge is 2.55. The molecular weight excluding hydrogens is 495 g/mol. The van der Waals surface area contributed by atoms with Gasteiger partial charge in [0.15, 0.2) is 11.6 Å². The maximum atomic E-state index is 14.8. The predicted molar refractivity (Wildman–Crippen MR) is 143 cm³/mol. The van der Waals surface area contributed by atoms with Crippen LogP contribution in [0.25, 0.3) is 0 Å². The van der Waals surface area contributed by atoms with Crippen LogP contribution in [0.5, 0.6) is 0 Å². The van der Waals surface area contributed by atoms with Crippen molar-refractivity contribution in [2.75, 3.05) is 59.8 Å². The molecule has 1 saturated heterocycles. The number of benzene rings is 1. The van der Waals surface area contributed by atoms with Crippen molar-refractivity contribution in [1.29, 1.82) is 0 Å². The topological polar surface area (TPSA) is 129 Å². The number of carbonyl (C=O) groups excluding carboxylic acids is 2. The quantitative estimate of drug-likeness (QED) is 0.465. The van der Waals surface area contributed by atoms with Crippen LogP contribution in [0.4, 0.5) is 33.2 Å². The fraction of sp³-hybridized carbons (Fsp3) is 0.520. The third-order valence-electron chi connectivity index (χ3n) is 8.12. The molecule has 3 fully saturated rings. The van der Waals surface area contributed by atoms with Gasteiger partial charge in [-0.15, -0.1) is 11.8 Å². The maximum absolute atomic E-state index is 14.8. The van der Waals surface area contributed by atoms with E-state index < -0.39 is 11.7 Å². The fourth-order valence-electron chi connectivity index (χ4n) is 6.32. The minimum Gasteiger partial charge on any atom is -0.369 e. The largest absolute Gasteiger partial charge is 0.369 e. The van der Waals surface area contributed by atoms with Crippen molar-refractivity contribution >= 4 is 52.4 Å². The van der Waals surface area contributed by atoms with Crippen molar-refractivity contribution < 1.29 is 14.0 Å². The van der Waals surface area contributed by atoms with Crippen LogP contribution in [0.1, 0.15) is 12.8 Å². The van der Waals surface area contributed by atoms with E-state index in [1.54, 1.807) is 11.8 Å². The smallest absolute Gasteiger partial charge is 0.234 e. The molecule has 0 spiro atoms. The third-order valence-corrected chi connectivity index (χ3v) is 9.52. The summed E-state index contributed by atoms with van der Waals surface area (Å²) in [5.41, 5.74) is 8.12. The van der Waals surface area contributed by atoms with E-state index in [0.717, 1.165) is 56.6 Å². The Hall–Kier alpha value is -3.12. The van der Waals surface area contributed by atoms with Crippen LogP contribution in [-0.4, -0.2) is 77.0 Å². The number of piperazine rings is 1. The molecule has 2 aliphatic carbocycles. The van der Waals surface area contributed by atoms with Crippen molar-refractivity contribution in [3.8, 4) is 0 Å². The lowest BCUT2D eigenvalue weighted by Gasteiger charge is -2.35. The summed E-state index contributed by atoms with van der Waals surface area (Å²) >= 11 is 1.60. The number of carbonyl (C=O) groups is 2. The normalized spacial score (nSPS) is 29.5. The molecule has 4 aliphatic rings. The predicted octanol–water partition coefficient (Wildman–Crippen LogP) is 2.09. The molecular formula is C25H31FN8O2S. The number of anilines is 5. The molecule has 5 atom stereocenters. The summed E-state index contributed by atoms with van der Waals surface area (Å²) in [6.07, 6.45) is 2.75. The molecule has 2 amide bonds. The van der Waals surface area contributed by atoms with Crippen molar-refractivity contribution in [3.05, 3.63) is 30.2 Å². The van der Waals surface area contributed by atoms with E-state index in [9.17, 15) is 14.0 Å². The molecule has 10 nitrogen and oxygen atoms in total. The summed E-state index contributed by atoms with van der Waals surface area (Å²) in [4.78, 5) is 38.5. The number of nitrogens with zero attached hydrogens (tertiary/aromatic N) is 4. The minimum atomic E-state index is -0.590. The van der Waals surface area contributed by atoms with Gasteiger partial charge in [0.2, 0.25) is 17.8 Å². The molecule has 3 heterocycles. The van der Waals surface area contributed by atoms with Crippen LogP contribution in [0.3, 0.4) is 0 Å². The number of hydrogen-bond donors (Lipinski definition) is 4. The molecule has 6 bridgehead atoms. The first-order valence-corrected chi connectivity index (χ1v) is 13.7. The number of likely N-dealkylation sites (N-methyl/N-ethyl adjacent to an activating group) is 1. The van der Waals surface area contributed by atoms with Crippen LogP contribution in [0.2, 0.25) is 0 Å². The van der Waals surface area contributed by atoms with E-state index in [2.05, 4.69) is 42.8 Å². The van der Waals surface area contributed by atoms with Gasteiger partial charge in [-0.2, -0.15) is 4.98 Å². The van der Waals surface area contributed by atoms with Gasteiger partial charge in [-0.1, -0.05) is 0 Å². The molecule has 0 radical (unpaired) electrons. The Balaban J connectivity index is 1.35. The zero-order valence-electron chi connectivity index (χ0n) is 20.6. The second-order valence-electron chi connectivity index (χ2n) is 10.4. The molecule has 37 heavy (non-hydrogen) atoms. The van der Waals surface area contributed by atoms with E-state index in [1.165, 1.54) is 0 Å². The van der Waals surface area contributed by atoms with Crippen LogP contribution in [0.15, 0.2) is 24.4 Å². The Morgan fingerprint density at radius 2 is 2.00 bits per heavy atom. The van der Waals surface area contributed by atoms with Gasteiger partial charge >= 0.3 is 0 Å². The van der Waals surface area contributed by atoms with E-state index in [4.69, 9.17) is 5.73 Å². The Bertz CT molecular complexity index is 1220. The Morgan fingerprint density at radius 1 is 1.19 bits per heavy atom. The second kappa shape index (κ2) is 9.64. The van der Waals surface area contributed by atoms with Gasteiger partial charge in [-0.3, -0.25) is 9.59 Å². The monoisotopic (exact) mass is 526 g/mol. The number of rotatable bonds is 2. The molecule has 1 aromatic heterocycles. The average molecular weight is 527 g/mol. The van der Waals surface area contributed by atoms with Gasteiger partial charge < -0.3 is 31.5 Å². The summed E-state index contributed by atoms with van der Waals surface area (Å²) in [5.74, 6) is -0.708. The number of thioether (sulfide) groups is 1. The zero-order valence-corrected chi connectivity index (χ0v) is 21.4. The highest BCUT2D eigenvalue weighted by Crippen LogP contribution is 2.53. The molecule has 1 unspecified atom stereocenters. The average Bonchev–Trinajstić information content (AvgIpc) is 3.44. The lowest BCUT2D eigenvalue weighted by molar-refractivity contribution is -0.123. The second-order valence-corrected chi connectivity index (χ2v) is 11.7. The Labute approximate surface area is 218 Å². The van der Waals surface area contributed by atoms with Gasteiger partial charge in [0.1, 0.15) is 0 Å². The van der Waals surface area contributed by atoms with Crippen LogP contribution in [-0.2, 0) is 9.59 Å². The standard InChI is InChI=1S/C25H31FN8O2S/c1-33-4-6-34(7-5-33)18-3-2-14-10-17(18)30-20(35)12-37-19-9-13-8-15(19)22(21(13)23(27)36)31-24-16(26)11-28-25(29-14)32-24/h2-3,10-11,13,15,19,21-22H,4-9,12H2,1H3,(H2,27,36)(H,30,35)(H2,28,29,31,32)/t13-,15+,19?,21-,22+/m0/s1. The Kier molecular flexibility index (Phi) is 6.31. The first kappa shape index (κ1) is 24.2. The minimum absolute atomic E-state index is 0.0448. The molecule has 6 rings (SSSR count). The summed E-state index contributed by atoms with van der Waals surface area (Å²) in [7, 11) is 2.11. The van der Waals surface area contributed by atoms with Crippen molar-refractivity contribution in [3.63, 3.8) is 0 Å². The first-order valence-electron chi connectivity index (χ1n) is 12.7. The maximum Gasteiger partial charge on any atom is 0.234 e. The summed E-state index contributed by atoms with van der Waals surface area (Å²) in [5, 5.41) is 9.63. The lowest BCUT2D eigenvalue weighted by Crippen LogP contribution is -2.46. The Morgan fingerprint density at radius 3 is 2.78 bits per heavy atom. The molecule has 1 aromatic carbocycles. The van der Waals surface area contributed by atoms with Crippen molar-refractivity contribution in [2.45, 2.75) is 24.1 Å². The molecule has 5 N–H and O–H groups in total. The molecule has 196 valence electrons. The van der Waals surface area contributed by atoms with Gasteiger partial charge in [0.05, 0.1) is 29.2 Å². The third kappa shape index (κ3) is 4.68. The number of nitrogens with two attached hydrogens (primary N) is 1. The molecule has 2 aromatic rings. The fourth-order valence-corrected chi connectivity index (χ4v) is 7.67. The number of aromatic nitrogens is 2. The van der Waals surface area contributed by atoms with Gasteiger partial charge in [0.25, 0.3) is 0 Å². The van der Waals surface area contributed by atoms with Gasteiger partial charge in [0, 0.05) is 43.2 Å². The number of fused-ring (bicyclic) bond motifs is 5. The molecule has 12 heteroatoms. The molecule has 2 aliphatic heterocycles. The number of primary amides is 1. The number of nitrogens with one attached hydrogen (secondary N) is 3. The lowest BCUT2D eigenvalue weighted by atomic mass is 9.83. The SMILES string of the molecule is CN1CCN(c2ccc3cc2NC(=O)CSC2C[C@@H]4C[C@H]2[C@@H](Nc2nc(ncc2F)N3)[C@H]4C(N)=O)CC1. The summed E-state index contributed by atoms with van der Waals surface area (Å²) < 4.78 is 14.8. The van der Waals surface area contributed by atoms with Crippen LogP contribution < -0.4 is 26.6 Å². The summed E-state index contributed by atoms with van der Waals surface area (Å²) in [6, 6.07) is 5.41. The van der Waals surface area contributed by atoms with Crippen molar-refractivity contribution in [2.24, 2.45) is 23.5 Å². The highest BCUT2D eigenvalue weighted by molar-refractivity contribution is 8.00. The van der Waals surface area contributed by atoms with E-state index >= 15 is 0 Å². The van der Waals surface area contributed by atoms with E-state index in [0.29, 0.717) is 11.4 Å². The molecule has 2 saturated carbocycles. The van der Waals surface area contributed by atoms with E-state index in [1.807, 2.05) is 18.2 Å². The first-order chi connectivity index (χ1) is 17.9. The zero-order chi connectivity index (χ0) is 25.7. The number of halogens is 1. The van der Waals surface area contributed by atoms with Crippen LogP contribution >= 0.6 is 11.8 Å². The summed E-state index contributed by atoms with van der Waals surface area (Å²) in [6.45, 7) is 3.62. The number of hydrogen-bond acceptors (Lipinski definition) is 9. The van der Waals surface area contributed by atoms with Crippen LogP contribution in [0, 0.1) is 23.6 Å². The van der Waals surface area contributed by atoms with Gasteiger partial charge in [-0.25, -0.2) is 9.37 Å². The number of amides is 2. The van der Waals surface area contributed by atoms with E-state index in [-0.39, 0.29) is 46.7 Å². The highest BCUT2D eigenvalue weighted by atomic mass is 32.2. The van der Waals surface area contributed by atoms with Crippen molar-refractivity contribution in [1.82, 2.24) is 14.9 Å². The van der Waals surface area contributed by atoms with Gasteiger partial charge in [-0.05, 0) is 49.9 Å².